The third-order valence-corrected chi connectivity index (χ3v) is 4.92. The minimum Gasteiger partial charge on any atom is -0.497 e. The Bertz CT molecular complexity index is 955. The maximum absolute atomic E-state index is 12.7. The summed E-state index contributed by atoms with van der Waals surface area (Å²) < 4.78 is 16.3. The fourth-order valence-corrected chi connectivity index (χ4v) is 3.29. The number of carbonyl (C=O) groups excluding carboxylic acids is 2. The molecule has 8 nitrogen and oxygen atoms in total. The summed E-state index contributed by atoms with van der Waals surface area (Å²) in [5.41, 5.74) is 0.316. The number of benzene rings is 1. The van der Waals surface area contributed by atoms with Crippen LogP contribution in [0.1, 0.15) is 29.6 Å². The Morgan fingerprint density at radius 2 is 2.17 bits per heavy atom. The average Bonchev–Trinajstić information content (AvgIpc) is 3.43. The summed E-state index contributed by atoms with van der Waals surface area (Å²) in [6.07, 6.45) is 1.43. The Labute approximate surface area is 172 Å². The predicted molar refractivity (Wildman–Crippen MR) is 107 cm³/mol. The number of rotatable bonds is 10. The third kappa shape index (κ3) is 5.20. The molecule has 3 rings (SSSR count). The summed E-state index contributed by atoms with van der Waals surface area (Å²) in [5, 5.41) is 10.0. The Morgan fingerprint density at radius 3 is 2.86 bits per heavy atom. The monoisotopic (exact) mass is 415 g/mol. The van der Waals surface area contributed by atoms with Gasteiger partial charge in [0, 0.05) is 6.54 Å². The summed E-state index contributed by atoms with van der Waals surface area (Å²) in [6.45, 7) is 2.47. The van der Waals surface area contributed by atoms with E-state index in [1.165, 1.54) is 18.4 Å². The number of thiophene rings is 1. The molecule has 3 aromatic rings. The standard InChI is InChI=1S/C20H21N3O5S/c1-3-8-23(11-18-21-22-20(28-18)17-5-4-9-29-17)19(25)13-27-16-7-6-15(26-2)10-14(16)12-24/h4-7,9-10,12H,3,8,11,13H2,1-2H3. The van der Waals surface area contributed by atoms with Crippen molar-refractivity contribution in [2.45, 2.75) is 19.9 Å². The van der Waals surface area contributed by atoms with Crippen LogP contribution < -0.4 is 9.47 Å². The molecule has 0 radical (unpaired) electrons. The normalized spacial score (nSPS) is 10.6. The molecular weight excluding hydrogens is 394 g/mol. The lowest BCUT2D eigenvalue weighted by Gasteiger charge is -2.20. The summed E-state index contributed by atoms with van der Waals surface area (Å²) >= 11 is 1.50. The number of aldehydes is 1. The van der Waals surface area contributed by atoms with E-state index in [1.54, 1.807) is 23.1 Å². The molecule has 1 aromatic carbocycles. The second kappa shape index (κ2) is 9.83. The first-order chi connectivity index (χ1) is 14.1. The van der Waals surface area contributed by atoms with Gasteiger partial charge in [-0.05, 0) is 36.1 Å². The second-order valence-corrected chi connectivity index (χ2v) is 7.05. The first-order valence-electron chi connectivity index (χ1n) is 9.04. The van der Waals surface area contributed by atoms with E-state index in [4.69, 9.17) is 13.9 Å². The van der Waals surface area contributed by atoms with Crippen molar-refractivity contribution in [3.63, 3.8) is 0 Å². The molecule has 1 amide bonds. The SMILES string of the molecule is CCCN(Cc1nnc(-c2cccs2)o1)C(=O)COc1ccc(OC)cc1C=O. The maximum atomic E-state index is 12.7. The van der Waals surface area contributed by atoms with Gasteiger partial charge in [-0.3, -0.25) is 9.59 Å². The second-order valence-electron chi connectivity index (χ2n) is 6.10. The lowest BCUT2D eigenvalue weighted by atomic mass is 10.2. The van der Waals surface area contributed by atoms with E-state index in [0.717, 1.165) is 11.3 Å². The molecule has 0 saturated heterocycles. The van der Waals surface area contributed by atoms with E-state index >= 15 is 0 Å². The number of carbonyl (C=O) groups is 2. The first-order valence-corrected chi connectivity index (χ1v) is 9.92. The molecule has 0 atom stereocenters. The molecule has 2 aromatic heterocycles. The van der Waals surface area contributed by atoms with Gasteiger partial charge in [0.25, 0.3) is 11.8 Å². The fourth-order valence-electron chi connectivity index (χ4n) is 2.65. The molecule has 0 spiro atoms. The number of nitrogens with zero attached hydrogens (tertiary/aromatic N) is 3. The Balaban J connectivity index is 1.65. The van der Waals surface area contributed by atoms with Crippen molar-refractivity contribution in [1.29, 1.82) is 0 Å². The number of amides is 1. The van der Waals surface area contributed by atoms with Gasteiger partial charge in [-0.2, -0.15) is 0 Å². The van der Waals surface area contributed by atoms with Crippen LogP contribution in [0.25, 0.3) is 10.8 Å². The molecule has 0 unspecified atom stereocenters. The number of aromatic nitrogens is 2. The van der Waals surface area contributed by atoms with Crippen LogP contribution in [0.5, 0.6) is 11.5 Å². The highest BCUT2D eigenvalue weighted by molar-refractivity contribution is 7.13. The zero-order valence-corrected chi connectivity index (χ0v) is 17.0. The van der Waals surface area contributed by atoms with Gasteiger partial charge in [0.15, 0.2) is 12.9 Å². The highest BCUT2D eigenvalue weighted by Gasteiger charge is 2.19. The van der Waals surface area contributed by atoms with E-state index in [0.29, 0.717) is 41.7 Å². The smallest absolute Gasteiger partial charge is 0.260 e. The summed E-state index contributed by atoms with van der Waals surface area (Å²) in [7, 11) is 1.51. The number of ether oxygens (including phenoxy) is 2. The highest BCUT2D eigenvalue weighted by Crippen LogP contribution is 2.24. The Kier molecular flexibility index (Phi) is 6.96. The van der Waals surface area contributed by atoms with Crippen molar-refractivity contribution in [2.24, 2.45) is 0 Å². The summed E-state index contributed by atoms with van der Waals surface area (Å²) in [6, 6.07) is 8.62. The lowest BCUT2D eigenvalue weighted by Crippen LogP contribution is -2.35. The highest BCUT2D eigenvalue weighted by atomic mass is 32.1. The largest absolute Gasteiger partial charge is 0.497 e. The van der Waals surface area contributed by atoms with Gasteiger partial charge in [0.05, 0.1) is 24.1 Å². The van der Waals surface area contributed by atoms with Gasteiger partial charge in [0.2, 0.25) is 5.89 Å². The third-order valence-electron chi connectivity index (χ3n) is 4.07. The van der Waals surface area contributed by atoms with Crippen LogP contribution in [0.15, 0.2) is 40.1 Å². The van der Waals surface area contributed by atoms with E-state index in [2.05, 4.69) is 10.2 Å². The van der Waals surface area contributed by atoms with E-state index < -0.39 is 0 Å². The molecular formula is C20H21N3O5S. The predicted octanol–water partition coefficient (Wildman–Crippen LogP) is 3.44. The van der Waals surface area contributed by atoms with Crippen molar-refractivity contribution in [2.75, 3.05) is 20.3 Å². The van der Waals surface area contributed by atoms with Gasteiger partial charge in [-0.15, -0.1) is 21.5 Å². The van der Waals surface area contributed by atoms with Crippen LogP contribution in [0.4, 0.5) is 0 Å². The number of hydrogen-bond donors (Lipinski definition) is 0. The summed E-state index contributed by atoms with van der Waals surface area (Å²) in [5.74, 6) is 1.41. The zero-order valence-electron chi connectivity index (χ0n) is 16.2. The lowest BCUT2D eigenvalue weighted by molar-refractivity contribution is -0.134. The van der Waals surface area contributed by atoms with Crippen LogP contribution in [0, 0.1) is 0 Å². The van der Waals surface area contributed by atoms with Crippen LogP contribution in [0.2, 0.25) is 0 Å². The molecule has 0 fully saturated rings. The van der Waals surface area contributed by atoms with Crippen molar-refractivity contribution < 1.29 is 23.5 Å². The van der Waals surface area contributed by atoms with Gasteiger partial charge in [0.1, 0.15) is 11.5 Å². The van der Waals surface area contributed by atoms with Crippen LogP contribution in [0.3, 0.4) is 0 Å². The van der Waals surface area contributed by atoms with Crippen molar-refractivity contribution in [3.8, 4) is 22.3 Å². The Hall–Kier alpha value is -3.20. The minimum atomic E-state index is -0.240. The zero-order chi connectivity index (χ0) is 20.6. The Morgan fingerprint density at radius 1 is 1.31 bits per heavy atom. The molecule has 152 valence electrons. The molecule has 0 N–H and O–H groups in total. The van der Waals surface area contributed by atoms with E-state index in [-0.39, 0.29) is 19.1 Å². The maximum Gasteiger partial charge on any atom is 0.260 e. The van der Waals surface area contributed by atoms with Gasteiger partial charge in [-0.25, -0.2) is 0 Å². The van der Waals surface area contributed by atoms with Crippen LogP contribution in [-0.2, 0) is 11.3 Å². The first kappa shape index (κ1) is 20.5. The molecule has 29 heavy (non-hydrogen) atoms. The van der Waals surface area contributed by atoms with Gasteiger partial charge in [-0.1, -0.05) is 13.0 Å². The van der Waals surface area contributed by atoms with Crippen molar-refractivity contribution in [1.82, 2.24) is 15.1 Å². The molecule has 0 bridgehead atoms. The molecule has 0 saturated carbocycles. The number of hydrogen-bond acceptors (Lipinski definition) is 8. The summed E-state index contributed by atoms with van der Waals surface area (Å²) in [4.78, 5) is 26.4. The van der Waals surface area contributed by atoms with E-state index in [1.807, 2.05) is 24.4 Å². The van der Waals surface area contributed by atoms with E-state index in [9.17, 15) is 9.59 Å². The molecule has 9 heteroatoms. The van der Waals surface area contributed by atoms with Gasteiger partial charge >= 0.3 is 0 Å². The average molecular weight is 415 g/mol. The minimum absolute atomic E-state index is 0.192. The molecule has 0 aliphatic carbocycles. The fraction of sp³-hybridized carbons (Fsp3) is 0.300. The quantitative estimate of drug-likeness (QED) is 0.468. The van der Waals surface area contributed by atoms with Gasteiger partial charge < -0.3 is 18.8 Å². The topological polar surface area (TPSA) is 94.8 Å². The van der Waals surface area contributed by atoms with Crippen LogP contribution in [-0.4, -0.2) is 47.6 Å². The van der Waals surface area contributed by atoms with Crippen molar-refractivity contribution >= 4 is 23.5 Å². The molecule has 2 heterocycles. The molecule has 0 aliphatic heterocycles. The van der Waals surface area contributed by atoms with Crippen molar-refractivity contribution in [3.05, 3.63) is 47.2 Å². The number of methoxy groups -OCH3 is 1. The molecule has 0 aliphatic rings. The van der Waals surface area contributed by atoms with Crippen LogP contribution >= 0.6 is 11.3 Å².